The van der Waals surface area contributed by atoms with E-state index in [9.17, 15) is 9.90 Å². The Morgan fingerprint density at radius 1 is 1.17 bits per heavy atom. The molecule has 2 aromatic heterocycles. The lowest BCUT2D eigenvalue weighted by Gasteiger charge is -2.07. The van der Waals surface area contributed by atoms with Crippen LogP contribution in [0.15, 0.2) is 6.20 Å². The van der Waals surface area contributed by atoms with E-state index in [0.717, 1.165) is 35.4 Å². The van der Waals surface area contributed by atoms with Crippen molar-refractivity contribution in [3.8, 4) is 0 Å². The quantitative estimate of drug-likeness (QED) is 0.603. The molecule has 0 fully saturated rings. The van der Waals surface area contributed by atoms with Crippen LogP contribution in [-0.4, -0.2) is 32.8 Å². The second kappa shape index (κ2) is 7.51. The zero-order valence-electron chi connectivity index (χ0n) is 14.1. The van der Waals surface area contributed by atoms with E-state index in [1.807, 2.05) is 6.92 Å². The zero-order valence-corrected chi connectivity index (χ0v) is 14.1. The molecule has 0 atom stereocenters. The Bertz CT molecular complexity index is 683. The Kier molecular flexibility index (Phi) is 5.66. The van der Waals surface area contributed by atoms with Gasteiger partial charge in [-0.1, -0.05) is 13.8 Å². The first-order valence-electron chi connectivity index (χ1n) is 8.25. The Balaban J connectivity index is 2.40. The Morgan fingerprint density at radius 2 is 1.91 bits per heavy atom. The molecule has 0 saturated heterocycles. The van der Waals surface area contributed by atoms with Gasteiger partial charge in [0.15, 0.2) is 0 Å². The predicted molar refractivity (Wildman–Crippen MR) is 90.3 cm³/mol. The number of carboxylic acids is 1. The van der Waals surface area contributed by atoms with E-state index >= 15 is 0 Å². The van der Waals surface area contributed by atoms with Gasteiger partial charge in [0.2, 0.25) is 0 Å². The Morgan fingerprint density at radius 3 is 2.48 bits per heavy atom. The monoisotopic (exact) mass is 318 g/mol. The minimum Gasteiger partial charge on any atom is -0.477 e. The molecule has 0 aliphatic carbocycles. The molecule has 5 nitrogen and oxygen atoms in total. The van der Waals surface area contributed by atoms with Gasteiger partial charge in [-0.25, -0.2) is 4.79 Å². The lowest BCUT2D eigenvalue weighted by molar-refractivity contribution is 0.0690. The topological polar surface area (TPSA) is 89.1 Å². The molecule has 2 heterocycles. The predicted octanol–water partition coefficient (Wildman–Crippen LogP) is 2.99. The molecule has 0 radical (unpaired) electrons. The fraction of sp³-hybridized carbons (Fsp3) is 0.500. The average Bonchev–Trinajstić information content (AvgIpc) is 3.06. The van der Waals surface area contributed by atoms with Crippen LogP contribution in [0.1, 0.15) is 64.4 Å². The number of aromatic carboxylic acids is 1. The molecule has 126 valence electrons. The van der Waals surface area contributed by atoms with Crippen LogP contribution in [-0.2, 0) is 25.7 Å². The van der Waals surface area contributed by atoms with E-state index in [2.05, 4.69) is 30.0 Å². The number of nitrogens with one attached hydrogen (secondary N) is 2. The van der Waals surface area contributed by atoms with Gasteiger partial charge in [0.25, 0.3) is 0 Å². The van der Waals surface area contributed by atoms with Crippen molar-refractivity contribution in [1.82, 2.24) is 9.97 Å². The van der Waals surface area contributed by atoms with Gasteiger partial charge in [0.05, 0.1) is 0 Å². The van der Waals surface area contributed by atoms with Crippen LogP contribution in [0.5, 0.6) is 0 Å². The molecule has 0 aliphatic heterocycles. The van der Waals surface area contributed by atoms with Crippen LogP contribution in [0.2, 0.25) is 0 Å². The van der Waals surface area contributed by atoms with E-state index in [1.54, 1.807) is 0 Å². The lowest BCUT2D eigenvalue weighted by Crippen LogP contribution is -2.00. The highest BCUT2D eigenvalue weighted by Gasteiger charge is 2.20. The first kappa shape index (κ1) is 17.3. The van der Waals surface area contributed by atoms with Gasteiger partial charge in [-0.3, -0.25) is 0 Å². The number of rotatable bonds is 8. The minimum absolute atomic E-state index is 0.106. The van der Waals surface area contributed by atoms with Crippen LogP contribution in [0.3, 0.4) is 0 Å². The van der Waals surface area contributed by atoms with Crippen molar-refractivity contribution in [1.29, 1.82) is 0 Å². The number of aryl methyl sites for hydroxylation is 1. The third-order valence-electron chi connectivity index (χ3n) is 4.53. The van der Waals surface area contributed by atoms with Crippen LogP contribution in [0.25, 0.3) is 0 Å². The normalized spacial score (nSPS) is 11.1. The molecular weight excluding hydrogens is 292 g/mol. The molecule has 5 heteroatoms. The van der Waals surface area contributed by atoms with Gasteiger partial charge in [-0.05, 0) is 54.9 Å². The number of aromatic amines is 2. The largest absolute Gasteiger partial charge is 0.477 e. The fourth-order valence-corrected chi connectivity index (χ4v) is 3.29. The first-order chi connectivity index (χ1) is 11.0. The van der Waals surface area contributed by atoms with Crippen LogP contribution < -0.4 is 0 Å². The summed E-state index contributed by atoms with van der Waals surface area (Å²) in [7, 11) is 0. The summed E-state index contributed by atoms with van der Waals surface area (Å²) in [5, 5.41) is 18.4. The molecule has 0 spiro atoms. The number of carbonyl (C=O) groups is 1. The fourth-order valence-electron chi connectivity index (χ4n) is 3.29. The summed E-state index contributed by atoms with van der Waals surface area (Å²) >= 11 is 0. The highest BCUT2D eigenvalue weighted by Crippen LogP contribution is 2.25. The van der Waals surface area contributed by atoms with Gasteiger partial charge in [-0.15, -0.1) is 0 Å². The smallest absolute Gasteiger partial charge is 0.352 e. The summed E-state index contributed by atoms with van der Waals surface area (Å²) < 4.78 is 0. The SMILES string of the molecule is CCc1c[nH]c(Cc2[nH]c(C(=O)O)c(C)c2CCCO)c1CC. The minimum atomic E-state index is -0.935. The number of hydrogen-bond donors (Lipinski definition) is 4. The van der Waals surface area contributed by atoms with Gasteiger partial charge < -0.3 is 20.2 Å². The molecule has 2 rings (SSSR count). The molecule has 2 aromatic rings. The number of hydrogen-bond acceptors (Lipinski definition) is 2. The van der Waals surface area contributed by atoms with Gasteiger partial charge >= 0.3 is 5.97 Å². The van der Waals surface area contributed by atoms with E-state index < -0.39 is 5.97 Å². The maximum atomic E-state index is 11.4. The molecule has 0 amide bonds. The van der Waals surface area contributed by atoms with Crippen molar-refractivity contribution in [2.45, 2.75) is 52.9 Å². The maximum Gasteiger partial charge on any atom is 0.352 e. The highest BCUT2D eigenvalue weighted by atomic mass is 16.4. The second-order valence-corrected chi connectivity index (χ2v) is 5.87. The molecule has 23 heavy (non-hydrogen) atoms. The van der Waals surface area contributed by atoms with Gasteiger partial charge in [0, 0.05) is 30.6 Å². The summed E-state index contributed by atoms with van der Waals surface area (Å²) in [5.74, 6) is -0.935. The van der Waals surface area contributed by atoms with E-state index in [4.69, 9.17) is 5.11 Å². The highest BCUT2D eigenvalue weighted by molar-refractivity contribution is 5.88. The molecule has 4 N–H and O–H groups in total. The van der Waals surface area contributed by atoms with Crippen molar-refractivity contribution in [3.63, 3.8) is 0 Å². The van der Waals surface area contributed by atoms with Gasteiger partial charge in [0.1, 0.15) is 5.69 Å². The first-order valence-corrected chi connectivity index (χ1v) is 8.25. The third-order valence-corrected chi connectivity index (χ3v) is 4.53. The van der Waals surface area contributed by atoms with E-state index in [0.29, 0.717) is 19.3 Å². The Hall–Kier alpha value is -2.01. The third kappa shape index (κ3) is 3.50. The molecular formula is C18H26N2O3. The second-order valence-electron chi connectivity index (χ2n) is 5.87. The van der Waals surface area contributed by atoms with E-state index in [1.165, 1.54) is 11.1 Å². The Labute approximate surface area is 136 Å². The summed E-state index contributed by atoms with van der Waals surface area (Å²) in [4.78, 5) is 17.8. The van der Waals surface area contributed by atoms with Crippen molar-refractivity contribution in [2.75, 3.05) is 6.61 Å². The van der Waals surface area contributed by atoms with Crippen LogP contribution in [0, 0.1) is 6.92 Å². The van der Waals surface area contributed by atoms with Crippen molar-refractivity contribution >= 4 is 5.97 Å². The molecule has 0 unspecified atom stereocenters. The summed E-state index contributed by atoms with van der Waals surface area (Å²) in [6.07, 6.45) is 5.98. The number of aliphatic hydroxyl groups excluding tert-OH is 1. The molecule has 0 saturated carbocycles. The number of aliphatic hydroxyl groups is 1. The standard InChI is InChI=1S/C18H26N2O3/c1-4-12-10-19-15(13(12)5-2)9-16-14(7-6-8-21)11(3)17(20-16)18(22)23/h10,19-21H,4-9H2,1-3H3,(H,22,23). The maximum absolute atomic E-state index is 11.4. The molecule has 0 aromatic carbocycles. The molecule has 0 bridgehead atoms. The number of H-pyrrole nitrogens is 2. The summed E-state index contributed by atoms with van der Waals surface area (Å²) in [6, 6.07) is 0. The summed E-state index contributed by atoms with van der Waals surface area (Å²) in [6.45, 7) is 6.22. The van der Waals surface area contributed by atoms with Crippen molar-refractivity contribution in [3.05, 3.63) is 45.5 Å². The van der Waals surface area contributed by atoms with Crippen molar-refractivity contribution < 1.29 is 15.0 Å². The van der Waals surface area contributed by atoms with E-state index in [-0.39, 0.29) is 12.3 Å². The summed E-state index contributed by atoms with van der Waals surface area (Å²) in [5.41, 5.74) is 6.78. The van der Waals surface area contributed by atoms with Crippen LogP contribution in [0.4, 0.5) is 0 Å². The molecule has 0 aliphatic rings. The van der Waals surface area contributed by atoms with Gasteiger partial charge in [-0.2, -0.15) is 0 Å². The average molecular weight is 318 g/mol. The zero-order chi connectivity index (χ0) is 17.0. The van der Waals surface area contributed by atoms with Crippen molar-refractivity contribution in [2.24, 2.45) is 0 Å². The van der Waals surface area contributed by atoms with Crippen LogP contribution >= 0.6 is 0 Å². The number of aromatic nitrogens is 2. The number of carboxylic acid groups (broad SMARTS) is 1. The lowest BCUT2D eigenvalue weighted by atomic mass is 9.99.